The molecule has 0 aromatic heterocycles. The molecule has 0 aliphatic heterocycles. The van der Waals surface area contributed by atoms with Gasteiger partial charge in [-0.1, -0.05) is 90.7 Å². The van der Waals surface area contributed by atoms with Crippen LogP contribution in [0.15, 0.2) is 83.8 Å². The zero-order valence-electron chi connectivity index (χ0n) is 22.0. The number of rotatable bonds is 11. The van der Waals surface area contributed by atoms with Crippen molar-refractivity contribution in [3.63, 3.8) is 0 Å². The summed E-state index contributed by atoms with van der Waals surface area (Å²) < 4.78 is 0. The molecule has 1 fully saturated rings. The van der Waals surface area contributed by atoms with E-state index < -0.39 is 6.04 Å². The van der Waals surface area contributed by atoms with Crippen molar-refractivity contribution >= 4 is 23.6 Å². The van der Waals surface area contributed by atoms with Gasteiger partial charge >= 0.3 is 0 Å². The van der Waals surface area contributed by atoms with Gasteiger partial charge in [-0.15, -0.1) is 11.8 Å². The number of benzene rings is 3. The highest BCUT2D eigenvalue weighted by atomic mass is 32.2. The smallest absolute Gasteiger partial charge is 0.243 e. The summed E-state index contributed by atoms with van der Waals surface area (Å²) in [6.07, 6.45) is 5.22. The quantitative estimate of drug-likeness (QED) is 0.298. The maximum atomic E-state index is 13.8. The number of hydrogen-bond acceptors (Lipinski definition) is 3. The van der Waals surface area contributed by atoms with Gasteiger partial charge in [0.05, 0.1) is 0 Å². The van der Waals surface area contributed by atoms with Gasteiger partial charge in [0.1, 0.15) is 6.04 Å². The van der Waals surface area contributed by atoms with Crippen LogP contribution in [0.1, 0.15) is 54.4 Å². The molecule has 0 spiro atoms. The zero-order chi connectivity index (χ0) is 26.0. The van der Waals surface area contributed by atoms with Crippen LogP contribution in [0, 0.1) is 13.8 Å². The van der Waals surface area contributed by atoms with Gasteiger partial charge in [-0.3, -0.25) is 9.59 Å². The van der Waals surface area contributed by atoms with Gasteiger partial charge in [-0.05, 0) is 49.9 Å². The van der Waals surface area contributed by atoms with Gasteiger partial charge in [0.25, 0.3) is 0 Å². The van der Waals surface area contributed by atoms with Crippen LogP contribution in [0.2, 0.25) is 0 Å². The Balaban J connectivity index is 1.56. The van der Waals surface area contributed by atoms with E-state index in [1.165, 1.54) is 5.56 Å². The Morgan fingerprint density at radius 3 is 2.30 bits per heavy atom. The average Bonchev–Trinajstić information content (AvgIpc) is 3.41. The molecule has 1 saturated carbocycles. The Kier molecular flexibility index (Phi) is 9.84. The number of amides is 2. The lowest BCUT2D eigenvalue weighted by Gasteiger charge is -2.32. The Morgan fingerprint density at radius 1 is 0.892 bits per heavy atom. The molecule has 0 radical (unpaired) electrons. The van der Waals surface area contributed by atoms with E-state index in [0.29, 0.717) is 25.1 Å². The monoisotopic (exact) mass is 514 g/mol. The van der Waals surface area contributed by atoms with Gasteiger partial charge in [0.2, 0.25) is 11.8 Å². The fraction of sp³-hybridized carbons (Fsp3) is 0.375. The molecule has 2 amide bonds. The molecule has 4 rings (SSSR count). The Labute approximate surface area is 225 Å². The number of thioether (sulfide) groups is 1. The number of carbonyl (C=O) groups is 2. The maximum absolute atomic E-state index is 13.8. The maximum Gasteiger partial charge on any atom is 0.243 e. The van der Waals surface area contributed by atoms with Crippen LogP contribution >= 0.6 is 11.8 Å². The predicted molar refractivity (Wildman–Crippen MR) is 153 cm³/mol. The summed E-state index contributed by atoms with van der Waals surface area (Å²) in [5.74, 6) is 0.653. The first-order valence-corrected chi connectivity index (χ1v) is 14.4. The lowest BCUT2D eigenvalue weighted by atomic mass is 10.0. The van der Waals surface area contributed by atoms with Crippen LogP contribution < -0.4 is 5.32 Å². The van der Waals surface area contributed by atoms with Crippen LogP contribution in [0.25, 0.3) is 0 Å². The standard InChI is InChI=1S/C32H38N2O2S/c1-24-15-17-29(18-16-24)37-20-19-31(35)34(23-27-12-8-9-25(2)21-27)30(22-26-10-4-3-5-11-26)32(36)33-28-13-6-7-14-28/h3-5,8-12,15-18,21,28,30H,6-7,13-14,19-20,22-23H2,1-2H3,(H,33,36)/t30-/m1/s1. The van der Waals surface area contributed by atoms with E-state index in [4.69, 9.17) is 0 Å². The van der Waals surface area contributed by atoms with Gasteiger partial charge < -0.3 is 10.2 Å². The molecule has 1 aliphatic carbocycles. The summed E-state index contributed by atoms with van der Waals surface area (Å²) in [6.45, 7) is 4.55. The summed E-state index contributed by atoms with van der Waals surface area (Å²) in [4.78, 5) is 30.5. The van der Waals surface area contributed by atoms with Crippen LogP contribution in [-0.2, 0) is 22.6 Å². The van der Waals surface area contributed by atoms with E-state index in [0.717, 1.165) is 47.3 Å². The Morgan fingerprint density at radius 2 is 1.59 bits per heavy atom. The van der Waals surface area contributed by atoms with Crippen LogP contribution in [0.4, 0.5) is 0 Å². The van der Waals surface area contributed by atoms with E-state index >= 15 is 0 Å². The summed E-state index contributed by atoms with van der Waals surface area (Å²) in [5.41, 5.74) is 4.48. The Hall–Kier alpha value is -3.05. The van der Waals surface area contributed by atoms with Crippen molar-refractivity contribution in [2.75, 3.05) is 5.75 Å². The summed E-state index contributed by atoms with van der Waals surface area (Å²) >= 11 is 1.69. The fourth-order valence-electron chi connectivity index (χ4n) is 4.96. The first-order valence-electron chi connectivity index (χ1n) is 13.4. The van der Waals surface area contributed by atoms with Crippen molar-refractivity contribution in [3.8, 4) is 0 Å². The Bertz CT molecular complexity index is 1160. The number of hydrogen-bond donors (Lipinski definition) is 1. The van der Waals surface area contributed by atoms with Gasteiger partial charge in [-0.25, -0.2) is 0 Å². The lowest BCUT2D eigenvalue weighted by molar-refractivity contribution is -0.141. The number of aryl methyl sites for hydroxylation is 2. The van der Waals surface area contributed by atoms with E-state index in [9.17, 15) is 9.59 Å². The molecular formula is C32H38N2O2S. The molecule has 1 atom stereocenters. The minimum absolute atomic E-state index is 0.0172. The molecule has 3 aromatic rings. The molecule has 0 bridgehead atoms. The molecule has 37 heavy (non-hydrogen) atoms. The zero-order valence-corrected chi connectivity index (χ0v) is 22.8. The highest BCUT2D eigenvalue weighted by Gasteiger charge is 2.32. The minimum Gasteiger partial charge on any atom is -0.352 e. The number of nitrogens with zero attached hydrogens (tertiary/aromatic N) is 1. The summed E-state index contributed by atoms with van der Waals surface area (Å²) in [7, 11) is 0. The van der Waals surface area contributed by atoms with Crippen molar-refractivity contribution in [2.45, 2.75) is 75.9 Å². The highest BCUT2D eigenvalue weighted by Crippen LogP contribution is 2.23. The topological polar surface area (TPSA) is 49.4 Å². The second kappa shape index (κ2) is 13.5. The third-order valence-electron chi connectivity index (χ3n) is 7.01. The fourth-order valence-corrected chi connectivity index (χ4v) is 5.80. The third kappa shape index (κ3) is 8.22. The SMILES string of the molecule is Cc1ccc(SCCC(=O)N(Cc2cccc(C)c2)[C@H](Cc2ccccc2)C(=O)NC2CCCC2)cc1. The normalized spacial score (nSPS) is 14.3. The second-order valence-corrected chi connectivity index (χ2v) is 11.3. The van der Waals surface area contributed by atoms with Crippen molar-refractivity contribution in [3.05, 3.63) is 101 Å². The van der Waals surface area contributed by atoms with Crippen molar-refractivity contribution in [2.24, 2.45) is 0 Å². The second-order valence-electron chi connectivity index (χ2n) is 10.1. The molecule has 0 heterocycles. The van der Waals surface area contributed by atoms with Crippen molar-refractivity contribution in [1.82, 2.24) is 10.2 Å². The molecule has 1 N–H and O–H groups in total. The lowest BCUT2D eigenvalue weighted by Crippen LogP contribution is -2.52. The third-order valence-corrected chi connectivity index (χ3v) is 8.03. The average molecular weight is 515 g/mol. The van der Waals surface area contributed by atoms with Gasteiger partial charge in [0.15, 0.2) is 0 Å². The van der Waals surface area contributed by atoms with E-state index in [2.05, 4.69) is 55.6 Å². The van der Waals surface area contributed by atoms with Crippen molar-refractivity contribution in [1.29, 1.82) is 0 Å². The molecule has 0 saturated heterocycles. The van der Waals surface area contributed by atoms with Crippen LogP contribution in [0.3, 0.4) is 0 Å². The van der Waals surface area contributed by atoms with E-state index in [1.807, 2.05) is 47.4 Å². The number of carbonyl (C=O) groups excluding carboxylic acids is 2. The van der Waals surface area contributed by atoms with Gasteiger partial charge in [0, 0.05) is 36.1 Å². The molecule has 194 valence electrons. The predicted octanol–water partition coefficient (Wildman–Crippen LogP) is 6.48. The van der Waals surface area contributed by atoms with Crippen LogP contribution in [-0.4, -0.2) is 34.6 Å². The first-order chi connectivity index (χ1) is 18.0. The summed E-state index contributed by atoms with van der Waals surface area (Å²) in [6, 6.07) is 26.3. The van der Waals surface area contributed by atoms with Crippen LogP contribution in [0.5, 0.6) is 0 Å². The molecule has 0 unspecified atom stereocenters. The molecule has 1 aliphatic rings. The minimum atomic E-state index is -0.555. The first kappa shape index (κ1) is 27.0. The molecule has 3 aromatic carbocycles. The number of nitrogens with one attached hydrogen (secondary N) is 1. The van der Waals surface area contributed by atoms with E-state index in [1.54, 1.807) is 11.8 Å². The van der Waals surface area contributed by atoms with Gasteiger partial charge in [-0.2, -0.15) is 0 Å². The summed E-state index contributed by atoms with van der Waals surface area (Å²) in [5, 5.41) is 3.28. The molecular weight excluding hydrogens is 476 g/mol. The van der Waals surface area contributed by atoms with Crippen molar-refractivity contribution < 1.29 is 9.59 Å². The molecule has 5 heteroatoms. The van der Waals surface area contributed by atoms with E-state index in [-0.39, 0.29) is 17.9 Å². The molecule has 4 nitrogen and oxygen atoms in total. The largest absolute Gasteiger partial charge is 0.352 e. The highest BCUT2D eigenvalue weighted by molar-refractivity contribution is 7.99.